The third-order valence-electron chi connectivity index (χ3n) is 2.68. The van der Waals surface area contributed by atoms with Gasteiger partial charge in [-0.2, -0.15) is 0 Å². The summed E-state index contributed by atoms with van der Waals surface area (Å²) in [5.74, 6) is 0.484. The summed E-state index contributed by atoms with van der Waals surface area (Å²) < 4.78 is 32.1. The lowest BCUT2D eigenvalue weighted by molar-refractivity contribution is -0.00000657. The average Bonchev–Trinajstić information content (AvgIpc) is 2.39. The molecule has 0 bridgehead atoms. The molecule has 0 aliphatic rings. The van der Waals surface area contributed by atoms with E-state index in [2.05, 4.69) is 4.72 Å². The number of hydrogen-bond donors (Lipinski definition) is 1. The first-order chi connectivity index (χ1) is 9.03. The van der Waals surface area contributed by atoms with E-state index >= 15 is 0 Å². The third-order valence-corrected chi connectivity index (χ3v) is 4.06. The summed E-state index contributed by atoms with van der Waals surface area (Å²) in [6, 6.07) is 13.6. The Balaban J connectivity index is 0.00000200. The summed E-state index contributed by atoms with van der Waals surface area (Å²) in [6.45, 7) is 1.91. The van der Waals surface area contributed by atoms with E-state index in [9.17, 15) is 8.42 Å². The Morgan fingerprint density at radius 1 is 1.00 bits per heavy atom. The minimum Gasteiger partial charge on any atom is -1.00 e. The van der Waals surface area contributed by atoms with Gasteiger partial charge in [-0.3, -0.25) is 4.72 Å². The Morgan fingerprint density at radius 3 is 2.20 bits per heavy atom. The van der Waals surface area contributed by atoms with Crippen LogP contribution in [0.4, 0.5) is 5.69 Å². The zero-order chi connectivity index (χ0) is 13.9. The molecule has 2 aromatic rings. The van der Waals surface area contributed by atoms with Crippen LogP contribution < -0.4 is 14.2 Å². The van der Waals surface area contributed by atoms with Crippen molar-refractivity contribution in [3.05, 3.63) is 54.1 Å². The van der Waals surface area contributed by atoms with E-state index in [-0.39, 0.29) is 9.60 Å². The average molecular weight is 296 g/mol. The smallest absolute Gasteiger partial charge is 0.262 e. The molecule has 0 spiro atoms. The van der Waals surface area contributed by atoms with Crippen LogP contribution in [-0.2, 0) is 10.0 Å². The van der Waals surface area contributed by atoms with Crippen molar-refractivity contribution in [3.8, 4) is 5.75 Å². The number of aryl methyl sites for hydroxylation is 1. The maximum atomic E-state index is 12.2. The van der Waals surface area contributed by atoms with E-state index in [0.717, 1.165) is 5.56 Å². The standard InChI is InChI=1S/C14H15NO3S.FH/c1-11-7-9-12(10-8-11)19(16,17)15-13-5-3-4-6-14(13)18-2;/h3-10,15H,1-2H3;1H/p-1. The highest BCUT2D eigenvalue weighted by atomic mass is 32.2. The van der Waals surface area contributed by atoms with E-state index in [4.69, 9.17) is 4.74 Å². The van der Waals surface area contributed by atoms with Crippen molar-refractivity contribution in [2.75, 3.05) is 11.8 Å². The van der Waals surface area contributed by atoms with Gasteiger partial charge in [0.25, 0.3) is 10.0 Å². The Morgan fingerprint density at radius 2 is 1.60 bits per heavy atom. The van der Waals surface area contributed by atoms with E-state index in [0.29, 0.717) is 11.4 Å². The largest absolute Gasteiger partial charge is 1.00 e. The first-order valence-electron chi connectivity index (χ1n) is 5.75. The number of halogens is 1. The fourth-order valence-corrected chi connectivity index (χ4v) is 2.72. The number of nitrogens with one attached hydrogen (secondary N) is 1. The van der Waals surface area contributed by atoms with Crippen LogP contribution in [0.15, 0.2) is 53.4 Å². The molecule has 0 unspecified atom stereocenters. The number of rotatable bonds is 4. The van der Waals surface area contributed by atoms with Crippen LogP contribution in [-0.4, -0.2) is 15.5 Å². The van der Waals surface area contributed by atoms with Crippen molar-refractivity contribution in [2.24, 2.45) is 0 Å². The van der Waals surface area contributed by atoms with E-state index in [1.807, 2.05) is 6.92 Å². The Bertz CT molecular complexity index is 669. The maximum Gasteiger partial charge on any atom is 0.262 e. The van der Waals surface area contributed by atoms with Gasteiger partial charge in [-0.25, -0.2) is 8.42 Å². The van der Waals surface area contributed by atoms with Crippen LogP contribution >= 0.6 is 0 Å². The molecule has 0 atom stereocenters. The number of benzene rings is 2. The second-order valence-electron chi connectivity index (χ2n) is 4.12. The minimum absolute atomic E-state index is 0. The molecule has 4 nitrogen and oxygen atoms in total. The molecule has 0 amide bonds. The van der Waals surface area contributed by atoms with Crippen LogP contribution in [0, 0.1) is 6.92 Å². The minimum atomic E-state index is -3.59. The second-order valence-corrected chi connectivity index (χ2v) is 5.80. The van der Waals surface area contributed by atoms with Gasteiger partial charge in [-0.15, -0.1) is 0 Å². The highest BCUT2D eigenvalue weighted by molar-refractivity contribution is 7.92. The predicted octanol–water partition coefficient (Wildman–Crippen LogP) is -0.192. The van der Waals surface area contributed by atoms with Gasteiger partial charge in [-0.05, 0) is 31.2 Å². The van der Waals surface area contributed by atoms with Crippen molar-refractivity contribution in [1.82, 2.24) is 0 Å². The van der Waals surface area contributed by atoms with Crippen molar-refractivity contribution < 1.29 is 17.9 Å². The van der Waals surface area contributed by atoms with E-state index in [1.165, 1.54) is 7.11 Å². The maximum absolute atomic E-state index is 12.2. The Labute approximate surface area is 117 Å². The van der Waals surface area contributed by atoms with Crippen molar-refractivity contribution >= 4 is 15.7 Å². The number of ether oxygens (including phenoxy) is 1. The van der Waals surface area contributed by atoms with Gasteiger partial charge >= 0.3 is 0 Å². The van der Waals surface area contributed by atoms with E-state index in [1.54, 1.807) is 48.5 Å². The summed E-state index contributed by atoms with van der Waals surface area (Å²) in [7, 11) is -2.09. The van der Waals surface area contributed by atoms with Gasteiger partial charge in [0.15, 0.2) is 0 Å². The normalized spacial score (nSPS) is 10.5. The first kappa shape index (κ1) is 16.0. The summed E-state index contributed by atoms with van der Waals surface area (Å²) >= 11 is 0. The molecule has 0 saturated heterocycles. The molecule has 0 aromatic heterocycles. The van der Waals surface area contributed by atoms with Crippen LogP contribution in [0.3, 0.4) is 0 Å². The summed E-state index contributed by atoms with van der Waals surface area (Å²) in [4.78, 5) is 0.226. The molecule has 2 rings (SSSR count). The zero-order valence-electron chi connectivity index (χ0n) is 11.1. The summed E-state index contributed by atoms with van der Waals surface area (Å²) in [5, 5.41) is 0. The van der Waals surface area contributed by atoms with Gasteiger partial charge in [0, 0.05) is 0 Å². The molecule has 0 fully saturated rings. The molecular weight excluding hydrogens is 281 g/mol. The van der Waals surface area contributed by atoms with Crippen LogP contribution in [0.5, 0.6) is 5.75 Å². The molecule has 0 aliphatic heterocycles. The topological polar surface area (TPSA) is 55.4 Å². The molecule has 20 heavy (non-hydrogen) atoms. The van der Waals surface area contributed by atoms with Crippen LogP contribution in [0.2, 0.25) is 0 Å². The Hall–Kier alpha value is -2.08. The molecule has 2 aromatic carbocycles. The first-order valence-corrected chi connectivity index (χ1v) is 7.24. The van der Waals surface area contributed by atoms with Gasteiger partial charge in [0.1, 0.15) is 5.75 Å². The fourth-order valence-electron chi connectivity index (χ4n) is 1.65. The highest BCUT2D eigenvalue weighted by Crippen LogP contribution is 2.26. The van der Waals surface area contributed by atoms with Gasteiger partial charge in [-0.1, -0.05) is 29.8 Å². The van der Waals surface area contributed by atoms with Crippen molar-refractivity contribution in [2.45, 2.75) is 11.8 Å². The molecule has 0 aliphatic carbocycles. The number of anilines is 1. The monoisotopic (exact) mass is 296 g/mol. The molecular formula is C14H15FNO3S-. The fraction of sp³-hybridized carbons (Fsp3) is 0.143. The summed E-state index contributed by atoms with van der Waals surface area (Å²) in [6.07, 6.45) is 0. The van der Waals surface area contributed by atoms with Crippen LogP contribution in [0.1, 0.15) is 5.56 Å². The molecule has 1 N–H and O–H groups in total. The van der Waals surface area contributed by atoms with Gasteiger partial charge in [0.05, 0.1) is 17.7 Å². The van der Waals surface area contributed by atoms with Crippen molar-refractivity contribution in [3.63, 3.8) is 0 Å². The lowest BCUT2D eigenvalue weighted by Crippen LogP contribution is -3.00. The molecule has 108 valence electrons. The summed E-state index contributed by atoms with van der Waals surface area (Å²) in [5.41, 5.74) is 1.43. The molecule has 0 saturated carbocycles. The van der Waals surface area contributed by atoms with Gasteiger partial charge < -0.3 is 9.44 Å². The number of para-hydroxylation sites is 2. The van der Waals surface area contributed by atoms with Crippen molar-refractivity contribution in [1.29, 1.82) is 0 Å². The SMILES string of the molecule is COc1ccccc1NS(=O)(=O)c1ccc(C)cc1.[F-]. The van der Waals surface area contributed by atoms with E-state index < -0.39 is 10.0 Å². The Kier molecular flexibility index (Phi) is 5.10. The number of sulfonamides is 1. The van der Waals surface area contributed by atoms with Crippen LogP contribution in [0.25, 0.3) is 0 Å². The quantitative estimate of drug-likeness (QED) is 0.851. The zero-order valence-corrected chi connectivity index (χ0v) is 11.9. The molecule has 6 heteroatoms. The third kappa shape index (κ3) is 3.48. The lowest BCUT2D eigenvalue weighted by Gasteiger charge is -2.11. The molecule has 0 radical (unpaired) electrons. The number of hydrogen-bond acceptors (Lipinski definition) is 3. The molecule has 0 heterocycles. The second kappa shape index (κ2) is 6.38. The van der Waals surface area contributed by atoms with Gasteiger partial charge in [0.2, 0.25) is 0 Å². The number of methoxy groups -OCH3 is 1. The predicted molar refractivity (Wildman–Crippen MR) is 75.0 cm³/mol. The highest BCUT2D eigenvalue weighted by Gasteiger charge is 2.15. The lowest BCUT2D eigenvalue weighted by atomic mass is 10.2.